The summed E-state index contributed by atoms with van der Waals surface area (Å²) in [6.07, 6.45) is 0.773. The first-order valence-electron chi connectivity index (χ1n) is 9.84. The molecule has 1 aliphatic rings. The Morgan fingerprint density at radius 3 is 2.69 bits per heavy atom. The topological polar surface area (TPSA) is 123 Å². The van der Waals surface area contributed by atoms with Crippen LogP contribution in [-0.2, 0) is 22.5 Å². The van der Waals surface area contributed by atoms with E-state index in [-0.39, 0.29) is 46.9 Å². The maximum Gasteiger partial charge on any atom is 0.349 e. The summed E-state index contributed by atoms with van der Waals surface area (Å²) in [5.41, 5.74) is -0.925. The number of rotatable bonds is 6. The molecule has 1 aliphatic heterocycles. The number of carboxylic acids is 1. The van der Waals surface area contributed by atoms with Gasteiger partial charge in [-0.1, -0.05) is 12.1 Å². The Morgan fingerprint density at radius 1 is 1.41 bits per heavy atom. The van der Waals surface area contributed by atoms with Gasteiger partial charge in [0, 0.05) is 25.3 Å². The van der Waals surface area contributed by atoms with Gasteiger partial charge < -0.3 is 19.7 Å². The monoisotopic (exact) mass is 443 g/mol. The summed E-state index contributed by atoms with van der Waals surface area (Å²) in [5.74, 6) is -1.88. The Bertz CT molecular complexity index is 1270. The lowest BCUT2D eigenvalue weighted by molar-refractivity contribution is -0.155. The number of hydrogen-bond acceptors (Lipinski definition) is 7. The van der Waals surface area contributed by atoms with E-state index in [1.165, 1.54) is 36.9 Å². The largest absolute Gasteiger partial charge is 0.505 e. The van der Waals surface area contributed by atoms with Gasteiger partial charge in [-0.15, -0.1) is 0 Å². The van der Waals surface area contributed by atoms with E-state index < -0.39 is 23.4 Å². The van der Waals surface area contributed by atoms with Gasteiger partial charge in [0.2, 0.25) is 5.60 Å². The van der Waals surface area contributed by atoms with Crippen molar-refractivity contribution in [2.24, 2.45) is 0 Å². The maximum atomic E-state index is 13.4. The van der Waals surface area contributed by atoms with E-state index in [1.807, 2.05) is 0 Å². The molecule has 9 nitrogen and oxygen atoms in total. The molecule has 0 saturated carbocycles. The quantitative estimate of drug-likeness (QED) is 0.494. The van der Waals surface area contributed by atoms with E-state index in [4.69, 9.17) is 9.47 Å². The lowest BCUT2D eigenvalue weighted by Gasteiger charge is -2.34. The fourth-order valence-electron chi connectivity index (χ4n) is 3.92. The van der Waals surface area contributed by atoms with Crippen LogP contribution in [0.1, 0.15) is 29.8 Å². The molecule has 0 bridgehead atoms. The number of halogens is 1. The van der Waals surface area contributed by atoms with Crippen LogP contribution < -0.4 is 15.6 Å². The van der Waals surface area contributed by atoms with Crippen molar-refractivity contribution in [3.8, 4) is 11.5 Å². The van der Waals surface area contributed by atoms with E-state index in [0.717, 1.165) is 5.56 Å². The first-order valence-corrected chi connectivity index (χ1v) is 9.84. The van der Waals surface area contributed by atoms with Gasteiger partial charge in [-0.25, -0.2) is 9.18 Å². The molecule has 2 atom stereocenters. The van der Waals surface area contributed by atoms with E-state index in [1.54, 1.807) is 19.2 Å². The standard InChI is InChI=1S/C22H22FN3O6/c1-22(21(29)30)10-26-16-15(17(27)14(20(26)28)19(24-2)31-3)25-9-12(18(16)32-22)8-11-4-6-13(23)7-5-11/h4-7,9,19,24,27H,8,10H2,1-3H3,(H,29,30). The summed E-state index contributed by atoms with van der Waals surface area (Å²) in [7, 11) is 2.93. The summed E-state index contributed by atoms with van der Waals surface area (Å²) in [6, 6.07) is 5.81. The van der Waals surface area contributed by atoms with Crippen LogP contribution in [-0.4, -0.2) is 45.5 Å². The zero-order valence-electron chi connectivity index (χ0n) is 17.7. The number of carbonyl (C=O) groups is 1. The maximum absolute atomic E-state index is 13.4. The number of nitrogens with one attached hydrogen (secondary N) is 1. The normalized spacial score (nSPS) is 18.4. The third-order valence-corrected chi connectivity index (χ3v) is 5.61. The fourth-order valence-corrected chi connectivity index (χ4v) is 3.92. The Kier molecular flexibility index (Phi) is 5.35. The third-order valence-electron chi connectivity index (χ3n) is 5.61. The van der Waals surface area contributed by atoms with Crippen LogP contribution in [0.3, 0.4) is 0 Å². The van der Waals surface area contributed by atoms with E-state index in [0.29, 0.717) is 5.56 Å². The van der Waals surface area contributed by atoms with Gasteiger partial charge in [-0.3, -0.25) is 19.7 Å². The predicted octanol–water partition coefficient (Wildman–Crippen LogP) is 1.93. The number of hydrogen-bond donors (Lipinski definition) is 3. The molecule has 0 radical (unpaired) electrons. The summed E-state index contributed by atoms with van der Waals surface area (Å²) in [4.78, 5) is 29.7. The highest BCUT2D eigenvalue weighted by molar-refractivity contribution is 5.90. The second-order valence-corrected chi connectivity index (χ2v) is 7.81. The van der Waals surface area contributed by atoms with E-state index in [9.17, 15) is 24.2 Å². The molecule has 1 aromatic carbocycles. The number of aromatic hydroxyl groups is 1. The molecule has 3 aromatic rings. The molecule has 0 aliphatic carbocycles. The van der Waals surface area contributed by atoms with Gasteiger partial charge in [-0.05, 0) is 31.7 Å². The lowest BCUT2D eigenvalue weighted by Crippen LogP contribution is -2.50. The molecule has 0 saturated heterocycles. The highest BCUT2D eigenvalue weighted by atomic mass is 19.1. The molecule has 10 heteroatoms. The van der Waals surface area contributed by atoms with Crippen molar-refractivity contribution in [2.45, 2.75) is 31.7 Å². The van der Waals surface area contributed by atoms with Gasteiger partial charge in [0.25, 0.3) is 5.56 Å². The minimum Gasteiger partial charge on any atom is -0.505 e. The number of pyridine rings is 2. The van der Waals surface area contributed by atoms with Gasteiger partial charge in [0.15, 0.2) is 11.5 Å². The predicted molar refractivity (Wildman–Crippen MR) is 112 cm³/mol. The molecule has 0 amide bonds. The van der Waals surface area contributed by atoms with Gasteiger partial charge in [-0.2, -0.15) is 0 Å². The summed E-state index contributed by atoms with van der Waals surface area (Å²) < 4.78 is 25.7. The molecule has 0 fully saturated rings. The highest BCUT2D eigenvalue weighted by Crippen LogP contribution is 2.41. The van der Waals surface area contributed by atoms with Crippen molar-refractivity contribution in [1.29, 1.82) is 0 Å². The number of nitrogens with zero attached hydrogens (tertiary/aromatic N) is 2. The molecule has 2 unspecified atom stereocenters. The average molecular weight is 443 g/mol. The Balaban J connectivity index is 2.01. The van der Waals surface area contributed by atoms with Crippen molar-refractivity contribution < 1.29 is 28.9 Å². The minimum absolute atomic E-state index is 0.0816. The van der Waals surface area contributed by atoms with E-state index in [2.05, 4.69) is 10.3 Å². The van der Waals surface area contributed by atoms with Gasteiger partial charge in [0.1, 0.15) is 28.6 Å². The summed E-state index contributed by atoms with van der Waals surface area (Å²) in [5, 5.41) is 23.5. The van der Waals surface area contributed by atoms with Crippen LogP contribution >= 0.6 is 0 Å². The summed E-state index contributed by atoms with van der Waals surface area (Å²) >= 11 is 0. The molecule has 0 spiro atoms. The Labute approximate surface area is 182 Å². The van der Waals surface area contributed by atoms with Gasteiger partial charge in [0.05, 0.1) is 6.54 Å². The van der Waals surface area contributed by atoms with E-state index >= 15 is 0 Å². The number of aliphatic carboxylic acids is 1. The van der Waals surface area contributed by atoms with Crippen LogP contribution in [0.25, 0.3) is 11.0 Å². The van der Waals surface area contributed by atoms with Crippen molar-refractivity contribution in [2.75, 3.05) is 14.2 Å². The number of carboxylic acid groups (broad SMARTS) is 1. The molecule has 2 aromatic heterocycles. The smallest absolute Gasteiger partial charge is 0.349 e. The number of aromatic nitrogens is 2. The molecular formula is C22H22FN3O6. The fraction of sp³-hybridized carbons (Fsp3) is 0.318. The Morgan fingerprint density at radius 2 is 2.09 bits per heavy atom. The minimum atomic E-state index is -1.74. The Hall–Kier alpha value is -3.50. The van der Waals surface area contributed by atoms with Crippen LogP contribution in [0.15, 0.2) is 35.3 Å². The van der Waals surface area contributed by atoms with Crippen LogP contribution in [0.5, 0.6) is 11.5 Å². The van der Waals surface area contributed by atoms with Crippen molar-refractivity contribution in [1.82, 2.24) is 14.9 Å². The summed E-state index contributed by atoms with van der Waals surface area (Å²) in [6.45, 7) is 1.08. The second kappa shape index (κ2) is 7.88. The van der Waals surface area contributed by atoms with Gasteiger partial charge >= 0.3 is 5.97 Å². The molecule has 168 valence electrons. The number of benzene rings is 1. The first-order chi connectivity index (χ1) is 15.2. The van der Waals surface area contributed by atoms with Crippen molar-refractivity contribution >= 4 is 17.0 Å². The molecule has 3 N–H and O–H groups in total. The molecule has 32 heavy (non-hydrogen) atoms. The molecule has 3 heterocycles. The van der Waals surface area contributed by atoms with Crippen LogP contribution in [0, 0.1) is 5.82 Å². The number of ether oxygens (including phenoxy) is 2. The van der Waals surface area contributed by atoms with Crippen LogP contribution in [0.4, 0.5) is 4.39 Å². The lowest BCUT2D eigenvalue weighted by atomic mass is 9.99. The zero-order valence-corrected chi connectivity index (χ0v) is 17.7. The van der Waals surface area contributed by atoms with Crippen molar-refractivity contribution in [3.63, 3.8) is 0 Å². The first kappa shape index (κ1) is 21.7. The third kappa shape index (κ3) is 3.37. The average Bonchev–Trinajstić information content (AvgIpc) is 2.77. The number of methoxy groups -OCH3 is 1. The highest BCUT2D eigenvalue weighted by Gasteiger charge is 2.43. The van der Waals surface area contributed by atoms with Crippen LogP contribution in [0.2, 0.25) is 0 Å². The zero-order chi connectivity index (χ0) is 23.2. The molecular weight excluding hydrogens is 421 g/mol. The second-order valence-electron chi connectivity index (χ2n) is 7.81. The SMILES string of the molecule is CNC(OC)c1c(O)c2ncc(Cc3ccc(F)cc3)c3c2n(c1=O)CC(C)(C(=O)O)O3. The molecule has 4 rings (SSSR count). The van der Waals surface area contributed by atoms with Crippen molar-refractivity contribution in [3.05, 3.63) is 63.3 Å².